The van der Waals surface area contributed by atoms with Crippen molar-refractivity contribution in [2.75, 3.05) is 23.9 Å². The van der Waals surface area contributed by atoms with Crippen LogP contribution in [0.4, 0.5) is 5.69 Å². The highest BCUT2D eigenvalue weighted by Crippen LogP contribution is 2.39. The van der Waals surface area contributed by atoms with E-state index in [-0.39, 0.29) is 60.6 Å². The van der Waals surface area contributed by atoms with E-state index in [2.05, 4.69) is 0 Å². The second kappa shape index (κ2) is 8.13. The predicted octanol–water partition coefficient (Wildman–Crippen LogP) is 3.28. The number of rotatable bonds is 6. The van der Waals surface area contributed by atoms with Gasteiger partial charge >= 0.3 is 0 Å². The monoisotopic (exact) mass is 391 g/mol. The molecule has 1 atom stereocenters. The Morgan fingerprint density at radius 2 is 2.11 bits per heavy atom. The van der Waals surface area contributed by atoms with E-state index in [4.69, 9.17) is 16.3 Å². The molecule has 1 heterocycles. The summed E-state index contributed by atoms with van der Waals surface area (Å²) in [6.07, 6.45) is 1.22. The zero-order chi connectivity index (χ0) is 19.6. The molecule has 1 aromatic rings. The molecule has 2 aliphatic rings. The lowest BCUT2D eigenvalue weighted by atomic mass is 9.81. The van der Waals surface area contributed by atoms with Gasteiger partial charge in [-0.05, 0) is 30.0 Å². The minimum absolute atomic E-state index is 0.0113. The van der Waals surface area contributed by atoms with E-state index in [9.17, 15) is 19.5 Å². The maximum absolute atomic E-state index is 12.4. The summed E-state index contributed by atoms with van der Waals surface area (Å²) in [5.74, 6) is -0.133. The number of carbonyl (C=O) groups is 3. The Morgan fingerprint density at radius 3 is 2.78 bits per heavy atom. The molecule has 27 heavy (non-hydrogen) atoms. The molecule has 3 rings (SSSR count). The van der Waals surface area contributed by atoms with E-state index in [0.717, 1.165) is 5.56 Å². The normalized spacial score (nSPS) is 19.8. The van der Waals surface area contributed by atoms with Crippen molar-refractivity contribution >= 4 is 34.8 Å². The van der Waals surface area contributed by atoms with Crippen LogP contribution in [0.15, 0.2) is 29.5 Å². The number of hydrogen-bond acceptors (Lipinski definition) is 5. The van der Waals surface area contributed by atoms with E-state index in [1.807, 2.05) is 12.1 Å². The zero-order valence-corrected chi connectivity index (χ0v) is 15.9. The summed E-state index contributed by atoms with van der Waals surface area (Å²) in [4.78, 5) is 38.2. The number of aliphatic hydroxyl groups is 1. The van der Waals surface area contributed by atoms with E-state index >= 15 is 0 Å². The first-order chi connectivity index (χ1) is 13.0. The van der Waals surface area contributed by atoms with Gasteiger partial charge in [0.25, 0.3) is 5.91 Å². The van der Waals surface area contributed by atoms with Crippen molar-refractivity contribution in [3.05, 3.63) is 35.1 Å². The van der Waals surface area contributed by atoms with Crippen molar-refractivity contribution in [1.29, 1.82) is 0 Å². The highest BCUT2D eigenvalue weighted by atomic mass is 35.5. The first-order valence-electron chi connectivity index (χ1n) is 9.07. The fourth-order valence-corrected chi connectivity index (χ4v) is 3.68. The number of fused-ring (bicyclic) bond motifs is 1. The van der Waals surface area contributed by atoms with Crippen LogP contribution in [0, 0.1) is 0 Å². The summed E-state index contributed by atoms with van der Waals surface area (Å²) < 4.78 is 5.50. The van der Waals surface area contributed by atoms with E-state index in [1.165, 1.54) is 0 Å². The molecule has 6 nitrogen and oxygen atoms in total. The minimum Gasteiger partial charge on any atom is -0.511 e. The highest BCUT2D eigenvalue weighted by molar-refractivity contribution is 6.21. The molecule has 1 aromatic carbocycles. The molecule has 0 saturated carbocycles. The van der Waals surface area contributed by atoms with Crippen LogP contribution in [0.25, 0.3) is 0 Å². The second-order valence-electron chi connectivity index (χ2n) is 6.73. The SMILES string of the molecule is CCC(=O)C1=C(O)CC(c2ccc3c(c2)N(CCCCl)C(=O)CO3)CC1=O. The Labute approximate surface area is 162 Å². The molecule has 0 spiro atoms. The van der Waals surface area contributed by atoms with E-state index in [0.29, 0.717) is 30.3 Å². The van der Waals surface area contributed by atoms with Gasteiger partial charge in [-0.3, -0.25) is 14.4 Å². The summed E-state index contributed by atoms with van der Waals surface area (Å²) in [5.41, 5.74) is 1.42. The van der Waals surface area contributed by atoms with Gasteiger partial charge in [-0.15, -0.1) is 11.6 Å². The van der Waals surface area contributed by atoms with Crippen molar-refractivity contribution in [3.63, 3.8) is 0 Å². The van der Waals surface area contributed by atoms with Crippen LogP contribution in [0.1, 0.15) is 44.1 Å². The molecular formula is C20H22ClNO5. The van der Waals surface area contributed by atoms with Crippen LogP contribution >= 0.6 is 11.6 Å². The Hall–Kier alpha value is -2.34. The van der Waals surface area contributed by atoms with Gasteiger partial charge in [0.05, 0.1) is 11.3 Å². The molecule has 1 aliphatic carbocycles. The number of halogens is 1. The lowest BCUT2D eigenvalue weighted by Gasteiger charge is -2.31. The number of Topliss-reactive ketones (excluding diaryl/α,β-unsaturated/α-hetero) is 2. The average Bonchev–Trinajstić information content (AvgIpc) is 2.66. The maximum atomic E-state index is 12.4. The number of hydrogen-bond donors (Lipinski definition) is 1. The molecule has 0 radical (unpaired) electrons. The van der Waals surface area contributed by atoms with Gasteiger partial charge in [-0.1, -0.05) is 13.0 Å². The van der Waals surface area contributed by atoms with Crippen LogP contribution in [-0.2, 0) is 14.4 Å². The number of ketones is 2. The number of benzene rings is 1. The molecule has 0 saturated heterocycles. The van der Waals surface area contributed by atoms with Crippen LogP contribution in [0.3, 0.4) is 0 Å². The lowest BCUT2D eigenvalue weighted by molar-refractivity contribution is -0.123. The van der Waals surface area contributed by atoms with Gasteiger partial charge < -0.3 is 14.7 Å². The number of nitrogens with zero attached hydrogens (tertiary/aromatic N) is 1. The van der Waals surface area contributed by atoms with Gasteiger partial charge in [-0.25, -0.2) is 0 Å². The third-order valence-corrected chi connectivity index (χ3v) is 5.22. The van der Waals surface area contributed by atoms with Gasteiger partial charge in [0, 0.05) is 31.7 Å². The van der Waals surface area contributed by atoms with Gasteiger partial charge in [0.1, 0.15) is 11.5 Å². The number of aliphatic hydroxyl groups excluding tert-OH is 1. The molecule has 1 unspecified atom stereocenters. The Bertz CT molecular complexity index is 817. The third kappa shape index (κ3) is 3.86. The molecule has 0 aromatic heterocycles. The van der Waals surface area contributed by atoms with Crippen molar-refractivity contribution in [3.8, 4) is 5.75 Å². The quantitative estimate of drug-likeness (QED) is 0.594. The van der Waals surface area contributed by atoms with Gasteiger partial charge in [0.2, 0.25) is 0 Å². The molecule has 144 valence electrons. The average molecular weight is 392 g/mol. The number of allylic oxidation sites excluding steroid dienone is 2. The largest absolute Gasteiger partial charge is 0.511 e. The summed E-state index contributed by atoms with van der Waals surface area (Å²) >= 11 is 5.76. The van der Waals surface area contributed by atoms with Crippen LogP contribution in [0.2, 0.25) is 0 Å². The highest BCUT2D eigenvalue weighted by Gasteiger charge is 2.33. The zero-order valence-electron chi connectivity index (χ0n) is 15.2. The molecule has 0 fully saturated rings. The molecule has 1 aliphatic heterocycles. The standard InChI is InChI=1S/C20H22ClNO5/c1-2-15(23)20-16(24)9-13(10-17(20)25)12-4-5-18-14(8-12)22(7-3-6-21)19(26)11-27-18/h4-5,8,13,24H,2-3,6-7,9-11H2,1H3. The Morgan fingerprint density at radius 1 is 1.33 bits per heavy atom. The van der Waals surface area contributed by atoms with Crippen LogP contribution in [-0.4, -0.2) is 41.6 Å². The smallest absolute Gasteiger partial charge is 0.265 e. The summed E-state index contributed by atoms with van der Waals surface area (Å²) in [6, 6.07) is 5.45. The minimum atomic E-state index is -0.334. The number of carbonyl (C=O) groups excluding carboxylic acids is 3. The number of amides is 1. The Balaban J connectivity index is 1.90. The van der Waals surface area contributed by atoms with Gasteiger partial charge in [0.15, 0.2) is 18.2 Å². The molecule has 0 bridgehead atoms. The summed E-state index contributed by atoms with van der Waals surface area (Å²) in [6.45, 7) is 2.15. The predicted molar refractivity (Wildman–Crippen MR) is 102 cm³/mol. The molecule has 1 N–H and O–H groups in total. The van der Waals surface area contributed by atoms with Crippen molar-refractivity contribution in [2.45, 2.75) is 38.5 Å². The summed E-state index contributed by atoms with van der Waals surface area (Å²) in [7, 11) is 0. The number of ether oxygens (including phenoxy) is 1. The van der Waals surface area contributed by atoms with Crippen molar-refractivity contribution in [1.82, 2.24) is 0 Å². The molecular weight excluding hydrogens is 370 g/mol. The first kappa shape index (κ1) is 19.4. The fourth-order valence-electron chi connectivity index (χ4n) is 3.56. The van der Waals surface area contributed by atoms with Crippen LogP contribution < -0.4 is 9.64 Å². The maximum Gasteiger partial charge on any atom is 0.265 e. The van der Waals surface area contributed by atoms with E-state index < -0.39 is 0 Å². The second-order valence-corrected chi connectivity index (χ2v) is 7.11. The topological polar surface area (TPSA) is 83.9 Å². The Kier molecular flexibility index (Phi) is 5.85. The summed E-state index contributed by atoms with van der Waals surface area (Å²) in [5, 5.41) is 10.3. The molecule has 7 heteroatoms. The van der Waals surface area contributed by atoms with E-state index in [1.54, 1.807) is 17.9 Å². The first-order valence-corrected chi connectivity index (χ1v) is 9.61. The van der Waals surface area contributed by atoms with Gasteiger partial charge in [-0.2, -0.15) is 0 Å². The number of alkyl halides is 1. The lowest BCUT2D eigenvalue weighted by Crippen LogP contribution is -2.39. The van der Waals surface area contributed by atoms with Crippen molar-refractivity contribution in [2.24, 2.45) is 0 Å². The van der Waals surface area contributed by atoms with Crippen molar-refractivity contribution < 1.29 is 24.2 Å². The third-order valence-electron chi connectivity index (χ3n) is 4.95. The fraction of sp³-hybridized carbons (Fsp3) is 0.450. The van der Waals surface area contributed by atoms with Crippen LogP contribution in [0.5, 0.6) is 5.75 Å². The number of anilines is 1. The molecule has 1 amide bonds.